The van der Waals surface area contributed by atoms with Crippen LogP contribution in [0.3, 0.4) is 0 Å². The lowest BCUT2D eigenvalue weighted by atomic mass is 10.1. The number of carbonyl (C=O) groups is 1. The van der Waals surface area contributed by atoms with Gasteiger partial charge >= 0.3 is 0 Å². The smallest absolute Gasteiger partial charge is 0.254 e. The van der Waals surface area contributed by atoms with Gasteiger partial charge < -0.3 is 10.6 Å². The molecule has 0 aliphatic carbocycles. The van der Waals surface area contributed by atoms with Crippen molar-refractivity contribution in [2.24, 2.45) is 0 Å². The van der Waals surface area contributed by atoms with E-state index >= 15 is 0 Å². The molecule has 0 atom stereocenters. The van der Waals surface area contributed by atoms with Gasteiger partial charge in [0.15, 0.2) is 0 Å². The summed E-state index contributed by atoms with van der Waals surface area (Å²) in [5, 5.41) is 0. The topological polar surface area (TPSA) is 49.6 Å². The number of hydrogen-bond acceptors (Lipinski definition) is 3. The van der Waals surface area contributed by atoms with Crippen molar-refractivity contribution in [1.82, 2.24) is 9.80 Å². The Hall–Kier alpha value is -1.69. The third-order valence-corrected chi connectivity index (χ3v) is 3.53. The third kappa shape index (κ3) is 3.07. The van der Waals surface area contributed by atoms with Crippen LogP contribution in [0, 0.1) is 11.6 Å². The van der Waals surface area contributed by atoms with Gasteiger partial charge in [-0.3, -0.25) is 9.69 Å². The molecule has 0 unspecified atom stereocenters. The van der Waals surface area contributed by atoms with Gasteiger partial charge in [-0.05, 0) is 25.1 Å². The fourth-order valence-electron chi connectivity index (χ4n) is 2.38. The van der Waals surface area contributed by atoms with E-state index in [4.69, 9.17) is 5.73 Å². The van der Waals surface area contributed by atoms with Crippen LogP contribution in [0.4, 0.5) is 14.5 Å². The van der Waals surface area contributed by atoms with Gasteiger partial charge in [0.2, 0.25) is 0 Å². The lowest BCUT2D eigenvalue weighted by molar-refractivity contribution is 0.0636. The van der Waals surface area contributed by atoms with Crippen LogP contribution in [-0.4, -0.2) is 48.4 Å². The summed E-state index contributed by atoms with van der Waals surface area (Å²) >= 11 is 0. The van der Waals surface area contributed by atoms with Crippen molar-refractivity contribution >= 4 is 11.6 Å². The average molecular weight is 283 g/mol. The molecule has 0 bridgehead atoms. The molecular formula is C14H19F2N3O. The molecule has 0 spiro atoms. The molecular weight excluding hydrogens is 264 g/mol. The Kier molecular flexibility index (Phi) is 4.54. The molecule has 2 rings (SSSR count). The Morgan fingerprint density at radius 2 is 1.75 bits per heavy atom. The summed E-state index contributed by atoms with van der Waals surface area (Å²) in [5.41, 5.74) is 4.66. The van der Waals surface area contributed by atoms with Crippen molar-refractivity contribution in [2.75, 3.05) is 38.5 Å². The highest BCUT2D eigenvalue weighted by Gasteiger charge is 2.23. The predicted molar refractivity (Wildman–Crippen MR) is 73.4 cm³/mol. The summed E-state index contributed by atoms with van der Waals surface area (Å²) in [6.07, 6.45) is 1.07. The Bertz CT molecular complexity index is 476. The summed E-state index contributed by atoms with van der Waals surface area (Å²) in [5.74, 6) is -2.13. The van der Waals surface area contributed by atoms with Gasteiger partial charge in [-0.15, -0.1) is 0 Å². The lowest BCUT2D eigenvalue weighted by Crippen LogP contribution is -2.48. The summed E-state index contributed by atoms with van der Waals surface area (Å²) in [6, 6.07) is 2.00. The van der Waals surface area contributed by atoms with Gasteiger partial charge in [-0.2, -0.15) is 0 Å². The van der Waals surface area contributed by atoms with Crippen LogP contribution in [0.5, 0.6) is 0 Å². The summed E-state index contributed by atoms with van der Waals surface area (Å²) < 4.78 is 26.8. The molecule has 20 heavy (non-hydrogen) atoms. The standard InChI is InChI=1S/C14H19F2N3O/c1-2-3-18-4-6-19(7-5-18)14(20)10-8-11(15)13(17)12(16)9-10/h8-9H,2-7,17H2,1H3. The first-order valence-electron chi connectivity index (χ1n) is 6.79. The fraction of sp³-hybridized carbons (Fsp3) is 0.500. The van der Waals surface area contributed by atoms with E-state index in [2.05, 4.69) is 11.8 Å². The average Bonchev–Trinajstić information content (AvgIpc) is 2.44. The van der Waals surface area contributed by atoms with E-state index in [9.17, 15) is 13.6 Å². The molecule has 1 fully saturated rings. The van der Waals surface area contributed by atoms with Gasteiger partial charge in [-0.1, -0.05) is 6.92 Å². The molecule has 0 saturated carbocycles. The van der Waals surface area contributed by atoms with E-state index in [0.717, 1.165) is 38.2 Å². The zero-order chi connectivity index (χ0) is 14.7. The zero-order valence-corrected chi connectivity index (χ0v) is 11.5. The van der Waals surface area contributed by atoms with Crippen LogP contribution < -0.4 is 5.73 Å². The van der Waals surface area contributed by atoms with E-state index in [1.165, 1.54) is 0 Å². The zero-order valence-electron chi connectivity index (χ0n) is 11.5. The predicted octanol–water partition coefficient (Wildman–Crippen LogP) is 1.71. The number of hydrogen-bond donors (Lipinski definition) is 1. The molecule has 1 amide bonds. The van der Waals surface area contributed by atoms with Crippen molar-refractivity contribution in [3.05, 3.63) is 29.3 Å². The number of piperazine rings is 1. The minimum absolute atomic E-state index is 0.0122. The Balaban J connectivity index is 2.06. The molecule has 1 aliphatic heterocycles. The SMILES string of the molecule is CCCN1CCN(C(=O)c2cc(F)c(N)c(F)c2)CC1. The molecule has 0 radical (unpaired) electrons. The largest absolute Gasteiger partial charge is 0.394 e. The molecule has 1 aromatic rings. The van der Waals surface area contributed by atoms with Gasteiger partial charge in [0.05, 0.1) is 0 Å². The van der Waals surface area contributed by atoms with E-state index in [-0.39, 0.29) is 11.5 Å². The second-order valence-corrected chi connectivity index (χ2v) is 4.99. The molecule has 0 aromatic heterocycles. The second-order valence-electron chi connectivity index (χ2n) is 4.99. The number of nitrogens with two attached hydrogens (primary N) is 1. The Labute approximate surface area is 117 Å². The summed E-state index contributed by atoms with van der Waals surface area (Å²) in [6.45, 7) is 5.85. The van der Waals surface area contributed by atoms with Gasteiger partial charge in [0.25, 0.3) is 5.91 Å². The third-order valence-electron chi connectivity index (χ3n) is 3.53. The van der Waals surface area contributed by atoms with Crippen LogP contribution in [0.25, 0.3) is 0 Å². The molecule has 1 aliphatic rings. The number of carbonyl (C=O) groups excluding carboxylic acids is 1. The Morgan fingerprint density at radius 3 is 2.25 bits per heavy atom. The number of benzene rings is 1. The van der Waals surface area contributed by atoms with Crippen molar-refractivity contribution in [3.8, 4) is 0 Å². The van der Waals surface area contributed by atoms with Gasteiger partial charge in [-0.25, -0.2) is 8.78 Å². The van der Waals surface area contributed by atoms with E-state index in [1.807, 2.05) is 0 Å². The second kappa shape index (κ2) is 6.17. The maximum Gasteiger partial charge on any atom is 0.254 e. The maximum absolute atomic E-state index is 13.4. The minimum Gasteiger partial charge on any atom is -0.394 e. The van der Waals surface area contributed by atoms with Crippen LogP contribution in [0.1, 0.15) is 23.7 Å². The number of nitrogen functional groups attached to an aromatic ring is 1. The fourth-order valence-corrected chi connectivity index (χ4v) is 2.38. The van der Waals surface area contributed by atoms with E-state index in [0.29, 0.717) is 13.1 Å². The summed E-state index contributed by atoms with van der Waals surface area (Å²) in [7, 11) is 0. The number of anilines is 1. The number of amides is 1. The molecule has 1 heterocycles. The van der Waals surface area contributed by atoms with E-state index in [1.54, 1.807) is 4.90 Å². The number of nitrogens with zero attached hydrogens (tertiary/aromatic N) is 2. The molecule has 110 valence electrons. The van der Waals surface area contributed by atoms with Crippen molar-refractivity contribution < 1.29 is 13.6 Å². The van der Waals surface area contributed by atoms with E-state index < -0.39 is 17.3 Å². The first-order valence-corrected chi connectivity index (χ1v) is 6.79. The van der Waals surface area contributed by atoms with Gasteiger partial charge in [0.1, 0.15) is 17.3 Å². The molecule has 1 aromatic carbocycles. The Morgan fingerprint density at radius 1 is 1.20 bits per heavy atom. The lowest BCUT2D eigenvalue weighted by Gasteiger charge is -2.34. The van der Waals surface area contributed by atoms with Gasteiger partial charge in [0, 0.05) is 31.7 Å². The molecule has 1 saturated heterocycles. The monoisotopic (exact) mass is 283 g/mol. The van der Waals surface area contributed by atoms with Crippen LogP contribution in [0.15, 0.2) is 12.1 Å². The first kappa shape index (κ1) is 14.7. The van der Waals surface area contributed by atoms with Crippen LogP contribution >= 0.6 is 0 Å². The highest BCUT2D eigenvalue weighted by molar-refractivity contribution is 5.94. The summed E-state index contributed by atoms with van der Waals surface area (Å²) in [4.78, 5) is 16.1. The quantitative estimate of drug-likeness (QED) is 0.859. The maximum atomic E-state index is 13.4. The van der Waals surface area contributed by atoms with Crippen molar-refractivity contribution in [1.29, 1.82) is 0 Å². The minimum atomic E-state index is -0.891. The highest BCUT2D eigenvalue weighted by Crippen LogP contribution is 2.19. The van der Waals surface area contributed by atoms with Crippen LogP contribution in [-0.2, 0) is 0 Å². The molecule has 6 heteroatoms. The number of halogens is 2. The van der Waals surface area contributed by atoms with Crippen molar-refractivity contribution in [3.63, 3.8) is 0 Å². The van der Waals surface area contributed by atoms with Crippen molar-refractivity contribution in [2.45, 2.75) is 13.3 Å². The number of rotatable bonds is 3. The highest BCUT2D eigenvalue weighted by atomic mass is 19.1. The molecule has 4 nitrogen and oxygen atoms in total. The normalized spacial score (nSPS) is 16.4. The first-order chi connectivity index (χ1) is 9.52. The van der Waals surface area contributed by atoms with Crippen LogP contribution in [0.2, 0.25) is 0 Å². The molecule has 2 N–H and O–H groups in total.